The molecule has 0 saturated carbocycles. The van der Waals surface area contributed by atoms with Gasteiger partial charge in [-0.05, 0) is 19.4 Å². The molecule has 3 heteroatoms. The van der Waals surface area contributed by atoms with E-state index in [1.54, 1.807) is 19.5 Å². The lowest BCUT2D eigenvalue weighted by Gasteiger charge is -2.13. The van der Waals surface area contributed by atoms with Gasteiger partial charge in [-0.1, -0.05) is 11.6 Å². The van der Waals surface area contributed by atoms with Crippen molar-refractivity contribution >= 4 is 11.6 Å². The summed E-state index contributed by atoms with van der Waals surface area (Å²) in [6.07, 6.45) is 3.45. The zero-order valence-corrected chi connectivity index (χ0v) is 8.22. The largest absolute Gasteiger partial charge is 0.377 e. The minimum atomic E-state index is 0.0282. The predicted molar refractivity (Wildman–Crippen MR) is 49.4 cm³/mol. The predicted octanol–water partition coefficient (Wildman–Crippen LogP) is 2.75. The second-order valence-electron chi connectivity index (χ2n) is 2.73. The molecule has 0 spiro atoms. The zero-order valence-electron chi connectivity index (χ0n) is 7.47. The number of hydrogen-bond acceptors (Lipinski definition) is 2. The molecule has 66 valence electrons. The third kappa shape index (κ3) is 1.76. The van der Waals surface area contributed by atoms with E-state index < -0.39 is 0 Å². The lowest BCUT2D eigenvalue weighted by atomic mass is 10.1. The molecule has 0 fully saturated rings. The second-order valence-corrected chi connectivity index (χ2v) is 3.14. The number of hydrogen-bond donors (Lipinski definition) is 0. The third-order valence-corrected chi connectivity index (χ3v) is 2.20. The maximum Gasteiger partial charge on any atom is 0.0811 e. The minimum Gasteiger partial charge on any atom is -0.377 e. The summed E-state index contributed by atoms with van der Waals surface area (Å²) in [5, 5.41) is 0.671. The molecule has 1 heterocycles. The smallest absolute Gasteiger partial charge is 0.0811 e. The summed E-state index contributed by atoms with van der Waals surface area (Å²) in [6.45, 7) is 3.94. The first-order chi connectivity index (χ1) is 5.66. The molecule has 2 nitrogen and oxygen atoms in total. The summed E-state index contributed by atoms with van der Waals surface area (Å²) >= 11 is 5.96. The lowest BCUT2D eigenvalue weighted by Crippen LogP contribution is -2.00. The Kier molecular flexibility index (Phi) is 3.06. The average Bonchev–Trinajstić information content (AvgIpc) is 2.03. The van der Waals surface area contributed by atoms with Gasteiger partial charge in [-0.3, -0.25) is 4.98 Å². The third-order valence-electron chi connectivity index (χ3n) is 1.90. The number of halogens is 1. The fourth-order valence-electron chi connectivity index (χ4n) is 1.17. The maximum absolute atomic E-state index is 5.96. The van der Waals surface area contributed by atoms with E-state index in [2.05, 4.69) is 4.98 Å². The standard InChI is InChI=1S/C9H12ClNO/c1-6-4-11-5-8(10)9(6)7(2)12-3/h4-5,7H,1-3H3. The van der Waals surface area contributed by atoms with E-state index >= 15 is 0 Å². The Bertz CT molecular complexity index is 255. The zero-order chi connectivity index (χ0) is 9.14. The van der Waals surface area contributed by atoms with Gasteiger partial charge in [0.2, 0.25) is 0 Å². The molecule has 1 rings (SSSR count). The number of rotatable bonds is 2. The molecule has 1 atom stereocenters. The SMILES string of the molecule is COC(C)c1c(C)cncc1Cl. The highest BCUT2D eigenvalue weighted by Gasteiger charge is 2.11. The van der Waals surface area contributed by atoms with Crippen molar-refractivity contribution in [3.8, 4) is 0 Å². The van der Waals surface area contributed by atoms with E-state index in [1.165, 1.54) is 0 Å². The Labute approximate surface area is 77.5 Å². The fourth-order valence-corrected chi connectivity index (χ4v) is 1.53. The van der Waals surface area contributed by atoms with Gasteiger partial charge in [-0.25, -0.2) is 0 Å². The summed E-state index contributed by atoms with van der Waals surface area (Å²) in [6, 6.07) is 0. The molecule has 0 saturated heterocycles. The van der Waals surface area contributed by atoms with E-state index in [-0.39, 0.29) is 6.10 Å². The molecule has 0 aliphatic rings. The van der Waals surface area contributed by atoms with Crippen LogP contribution in [0.15, 0.2) is 12.4 Å². The van der Waals surface area contributed by atoms with Gasteiger partial charge in [0.25, 0.3) is 0 Å². The Morgan fingerprint density at radius 3 is 2.67 bits per heavy atom. The van der Waals surface area contributed by atoms with E-state index in [4.69, 9.17) is 16.3 Å². The lowest BCUT2D eigenvalue weighted by molar-refractivity contribution is 0.119. The quantitative estimate of drug-likeness (QED) is 0.707. The van der Waals surface area contributed by atoms with Crippen LogP contribution in [0.25, 0.3) is 0 Å². The summed E-state index contributed by atoms with van der Waals surface area (Å²) in [5.74, 6) is 0. The van der Waals surface area contributed by atoms with Crippen LogP contribution in [0.5, 0.6) is 0 Å². The molecule has 0 aliphatic heterocycles. The fraction of sp³-hybridized carbons (Fsp3) is 0.444. The van der Waals surface area contributed by atoms with Crippen LogP contribution < -0.4 is 0 Å². The summed E-state index contributed by atoms with van der Waals surface area (Å²) in [5.41, 5.74) is 2.09. The van der Waals surface area contributed by atoms with Gasteiger partial charge in [0.1, 0.15) is 0 Å². The number of pyridine rings is 1. The van der Waals surface area contributed by atoms with Crippen LogP contribution in [0.4, 0.5) is 0 Å². The Morgan fingerprint density at radius 1 is 1.50 bits per heavy atom. The summed E-state index contributed by atoms with van der Waals surface area (Å²) in [7, 11) is 1.67. The molecule has 0 bridgehead atoms. The molecular formula is C9H12ClNO. The highest BCUT2D eigenvalue weighted by Crippen LogP contribution is 2.26. The van der Waals surface area contributed by atoms with Crippen molar-refractivity contribution < 1.29 is 4.74 Å². The number of aryl methyl sites for hydroxylation is 1. The summed E-state index contributed by atoms with van der Waals surface area (Å²) < 4.78 is 5.19. The van der Waals surface area contributed by atoms with Crippen molar-refractivity contribution in [2.24, 2.45) is 0 Å². The number of aromatic nitrogens is 1. The molecule has 0 radical (unpaired) electrons. The monoisotopic (exact) mass is 185 g/mol. The van der Waals surface area contributed by atoms with Crippen molar-refractivity contribution in [3.63, 3.8) is 0 Å². The molecule has 0 aliphatic carbocycles. The van der Waals surface area contributed by atoms with Gasteiger partial charge in [0.15, 0.2) is 0 Å². The van der Waals surface area contributed by atoms with E-state index in [1.807, 2.05) is 13.8 Å². The van der Waals surface area contributed by atoms with E-state index in [9.17, 15) is 0 Å². The van der Waals surface area contributed by atoms with Crippen LogP contribution in [0.3, 0.4) is 0 Å². The normalized spacial score (nSPS) is 13.0. The first kappa shape index (κ1) is 9.49. The van der Waals surface area contributed by atoms with Gasteiger partial charge in [0, 0.05) is 25.1 Å². The van der Waals surface area contributed by atoms with Crippen molar-refractivity contribution in [3.05, 3.63) is 28.5 Å². The first-order valence-corrected chi connectivity index (χ1v) is 4.17. The van der Waals surface area contributed by atoms with Crippen molar-refractivity contribution in [1.29, 1.82) is 0 Å². The number of nitrogens with zero attached hydrogens (tertiary/aromatic N) is 1. The van der Waals surface area contributed by atoms with Gasteiger partial charge < -0.3 is 4.74 Å². The van der Waals surface area contributed by atoms with Crippen molar-refractivity contribution in [2.75, 3.05) is 7.11 Å². The molecule has 12 heavy (non-hydrogen) atoms. The van der Waals surface area contributed by atoms with Crippen LogP contribution in [0.1, 0.15) is 24.2 Å². The van der Waals surface area contributed by atoms with Crippen LogP contribution in [0.2, 0.25) is 5.02 Å². The number of ether oxygens (including phenoxy) is 1. The van der Waals surface area contributed by atoms with E-state index in [0.29, 0.717) is 5.02 Å². The minimum absolute atomic E-state index is 0.0282. The second kappa shape index (κ2) is 3.87. The van der Waals surface area contributed by atoms with Crippen molar-refractivity contribution in [1.82, 2.24) is 4.98 Å². The van der Waals surface area contributed by atoms with Gasteiger partial charge in [0.05, 0.1) is 11.1 Å². The maximum atomic E-state index is 5.96. The van der Waals surface area contributed by atoms with Crippen LogP contribution >= 0.6 is 11.6 Å². The Balaban J connectivity index is 3.12. The molecule has 1 aromatic rings. The average molecular weight is 186 g/mol. The van der Waals surface area contributed by atoms with Crippen molar-refractivity contribution in [2.45, 2.75) is 20.0 Å². The molecule has 0 aromatic carbocycles. The van der Waals surface area contributed by atoms with Crippen LogP contribution in [-0.2, 0) is 4.74 Å². The molecule has 0 N–H and O–H groups in total. The highest BCUT2D eigenvalue weighted by molar-refractivity contribution is 6.31. The highest BCUT2D eigenvalue weighted by atomic mass is 35.5. The number of methoxy groups -OCH3 is 1. The molecule has 1 unspecified atom stereocenters. The van der Waals surface area contributed by atoms with Crippen LogP contribution in [0, 0.1) is 6.92 Å². The van der Waals surface area contributed by atoms with Gasteiger partial charge in [-0.2, -0.15) is 0 Å². The Morgan fingerprint density at radius 2 is 2.17 bits per heavy atom. The Hall–Kier alpha value is -0.600. The molecule has 0 amide bonds. The van der Waals surface area contributed by atoms with Gasteiger partial charge >= 0.3 is 0 Å². The topological polar surface area (TPSA) is 22.1 Å². The van der Waals surface area contributed by atoms with Gasteiger partial charge in [-0.15, -0.1) is 0 Å². The molecular weight excluding hydrogens is 174 g/mol. The summed E-state index contributed by atoms with van der Waals surface area (Å²) in [4.78, 5) is 3.97. The van der Waals surface area contributed by atoms with E-state index in [0.717, 1.165) is 11.1 Å². The van der Waals surface area contributed by atoms with Crippen LogP contribution in [-0.4, -0.2) is 12.1 Å². The first-order valence-electron chi connectivity index (χ1n) is 3.79. The molecule has 1 aromatic heterocycles.